The van der Waals surface area contributed by atoms with Gasteiger partial charge in [0.2, 0.25) is 0 Å². The van der Waals surface area contributed by atoms with Crippen LogP contribution in [0.15, 0.2) is 18.3 Å². The summed E-state index contributed by atoms with van der Waals surface area (Å²) >= 11 is 0. The summed E-state index contributed by atoms with van der Waals surface area (Å²) in [5, 5.41) is 5.69. The molecule has 22 heavy (non-hydrogen) atoms. The Hall–Kier alpha value is -1.82. The van der Waals surface area contributed by atoms with Gasteiger partial charge in [-0.05, 0) is 25.1 Å². The van der Waals surface area contributed by atoms with Crippen molar-refractivity contribution in [3.05, 3.63) is 23.9 Å². The van der Waals surface area contributed by atoms with E-state index in [1.54, 1.807) is 0 Å². The number of nitrogens with one attached hydrogen (secondary N) is 2. The van der Waals surface area contributed by atoms with Crippen LogP contribution in [-0.4, -0.2) is 55.7 Å². The molecule has 0 aliphatic carbocycles. The molecule has 1 aliphatic heterocycles. The fraction of sp³-hybridized carbons (Fsp3) is 0.625. The minimum Gasteiger partial charge on any atom is -0.354 e. The third-order valence-electron chi connectivity index (χ3n) is 3.91. The molecule has 1 saturated heterocycles. The van der Waals surface area contributed by atoms with E-state index in [4.69, 9.17) is 0 Å². The van der Waals surface area contributed by atoms with Crippen LogP contribution in [0, 0.1) is 0 Å². The van der Waals surface area contributed by atoms with Gasteiger partial charge in [0, 0.05) is 45.5 Å². The molecule has 0 saturated carbocycles. The number of hydrogen-bond donors (Lipinski definition) is 2. The van der Waals surface area contributed by atoms with E-state index in [0.717, 1.165) is 56.9 Å². The fourth-order valence-electron chi connectivity index (χ4n) is 2.37. The molecular formula is C16H27N5O. The van der Waals surface area contributed by atoms with Gasteiger partial charge in [0.05, 0.1) is 0 Å². The Kier molecular flexibility index (Phi) is 6.45. The van der Waals surface area contributed by atoms with Gasteiger partial charge in [0.25, 0.3) is 0 Å². The number of unbranched alkanes of at least 4 members (excludes halogenated alkanes) is 1. The number of likely N-dealkylation sites (N-methyl/N-ethyl adjacent to an activating group) is 1. The standard InChI is InChI=1S/C16H27N5O/c1-3-4-7-17-16(22)19-13-14-5-6-15(18-12-14)21-10-8-20(2)9-11-21/h5-6,12H,3-4,7-11,13H2,1-2H3,(H2,17,19,22). The van der Waals surface area contributed by atoms with E-state index in [9.17, 15) is 4.79 Å². The second-order valence-electron chi connectivity index (χ2n) is 5.78. The SMILES string of the molecule is CCCCNC(=O)NCc1ccc(N2CCN(C)CC2)nc1. The lowest BCUT2D eigenvalue weighted by atomic mass is 10.2. The monoisotopic (exact) mass is 305 g/mol. The molecule has 6 heteroatoms. The summed E-state index contributed by atoms with van der Waals surface area (Å²) in [6.07, 6.45) is 3.94. The molecule has 0 spiro atoms. The molecule has 1 aromatic heterocycles. The molecule has 0 radical (unpaired) electrons. The number of carbonyl (C=O) groups excluding carboxylic acids is 1. The van der Waals surface area contributed by atoms with E-state index in [1.807, 2.05) is 18.3 Å². The van der Waals surface area contributed by atoms with Gasteiger partial charge >= 0.3 is 6.03 Å². The van der Waals surface area contributed by atoms with Gasteiger partial charge in [-0.15, -0.1) is 0 Å². The van der Waals surface area contributed by atoms with Gasteiger partial charge in [0.1, 0.15) is 5.82 Å². The maximum absolute atomic E-state index is 11.6. The number of carbonyl (C=O) groups is 1. The van der Waals surface area contributed by atoms with Crippen LogP contribution in [0.4, 0.5) is 10.6 Å². The molecule has 0 aromatic carbocycles. The summed E-state index contributed by atoms with van der Waals surface area (Å²) in [7, 11) is 2.14. The number of amides is 2. The lowest BCUT2D eigenvalue weighted by Gasteiger charge is -2.33. The quantitative estimate of drug-likeness (QED) is 0.781. The van der Waals surface area contributed by atoms with Crippen LogP contribution in [0.25, 0.3) is 0 Å². The van der Waals surface area contributed by atoms with Crippen molar-refractivity contribution in [2.75, 3.05) is 44.7 Å². The molecule has 1 aliphatic rings. The number of piperazine rings is 1. The van der Waals surface area contributed by atoms with Crippen molar-refractivity contribution in [3.8, 4) is 0 Å². The van der Waals surface area contributed by atoms with Crippen LogP contribution >= 0.6 is 0 Å². The summed E-state index contributed by atoms with van der Waals surface area (Å²) < 4.78 is 0. The predicted octanol–water partition coefficient (Wildman–Crippen LogP) is 1.43. The third kappa shape index (κ3) is 5.18. The van der Waals surface area contributed by atoms with Crippen molar-refractivity contribution >= 4 is 11.8 Å². The van der Waals surface area contributed by atoms with E-state index in [0.29, 0.717) is 6.54 Å². The summed E-state index contributed by atoms with van der Waals surface area (Å²) in [6, 6.07) is 3.96. The smallest absolute Gasteiger partial charge is 0.315 e. The van der Waals surface area contributed by atoms with Crippen LogP contribution < -0.4 is 15.5 Å². The first kappa shape index (κ1) is 16.5. The minimum absolute atomic E-state index is 0.114. The second-order valence-corrected chi connectivity index (χ2v) is 5.78. The summed E-state index contributed by atoms with van der Waals surface area (Å²) in [6.45, 7) is 7.51. The highest BCUT2D eigenvalue weighted by Crippen LogP contribution is 2.13. The highest BCUT2D eigenvalue weighted by molar-refractivity contribution is 5.73. The Labute approximate surface area is 132 Å². The minimum atomic E-state index is -0.114. The van der Waals surface area contributed by atoms with Crippen molar-refractivity contribution < 1.29 is 4.79 Å². The van der Waals surface area contributed by atoms with Crippen LogP contribution in [0.3, 0.4) is 0 Å². The largest absolute Gasteiger partial charge is 0.354 e. The fourth-order valence-corrected chi connectivity index (χ4v) is 2.37. The lowest BCUT2D eigenvalue weighted by Crippen LogP contribution is -2.44. The Morgan fingerprint density at radius 3 is 2.64 bits per heavy atom. The van der Waals surface area contributed by atoms with Crippen molar-refractivity contribution in [1.82, 2.24) is 20.5 Å². The Morgan fingerprint density at radius 2 is 2.00 bits per heavy atom. The van der Waals surface area contributed by atoms with Crippen LogP contribution in [0.1, 0.15) is 25.3 Å². The van der Waals surface area contributed by atoms with E-state index in [1.165, 1.54) is 0 Å². The van der Waals surface area contributed by atoms with E-state index in [-0.39, 0.29) is 6.03 Å². The first-order valence-corrected chi connectivity index (χ1v) is 8.09. The molecule has 1 aromatic rings. The molecule has 2 amide bonds. The molecule has 2 heterocycles. The summed E-state index contributed by atoms with van der Waals surface area (Å²) in [5.41, 5.74) is 1.02. The molecule has 2 N–H and O–H groups in total. The van der Waals surface area contributed by atoms with E-state index >= 15 is 0 Å². The molecule has 0 atom stereocenters. The Balaban J connectivity index is 1.76. The maximum atomic E-state index is 11.6. The number of aromatic nitrogens is 1. The highest BCUT2D eigenvalue weighted by Gasteiger charge is 2.14. The molecule has 0 unspecified atom stereocenters. The number of anilines is 1. The van der Waals surface area contributed by atoms with Gasteiger partial charge in [-0.2, -0.15) is 0 Å². The maximum Gasteiger partial charge on any atom is 0.315 e. The van der Waals surface area contributed by atoms with Crippen LogP contribution in [0.2, 0.25) is 0 Å². The normalized spacial score (nSPS) is 15.6. The van der Waals surface area contributed by atoms with Gasteiger partial charge in [-0.1, -0.05) is 19.4 Å². The summed E-state index contributed by atoms with van der Waals surface area (Å²) in [5.74, 6) is 1.02. The lowest BCUT2D eigenvalue weighted by molar-refractivity contribution is 0.240. The number of rotatable bonds is 6. The zero-order valence-electron chi connectivity index (χ0n) is 13.6. The van der Waals surface area contributed by atoms with Crippen molar-refractivity contribution in [2.24, 2.45) is 0 Å². The van der Waals surface area contributed by atoms with E-state index in [2.05, 4.69) is 39.4 Å². The highest BCUT2D eigenvalue weighted by atomic mass is 16.2. The average molecular weight is 305 g/mol. The molecule has 122 valence electrons. The first-order valence-electron chi connectivity index (χ1n) is 8.09. The third-order valence-corrected chi connectivity index (χ3v) is 3.91. The molecule has 1 fully saturated rings. The number of pyridine rings is 1. The average Bonchev–Trinajstić information content (AvgIpc) is 2.54. The van der Waals surface area contributed by atoms with Crippen molar-refractivity contribution in [2.45, 2.75) is 26.3 Å². The Bertz CT molecular complexity index is 454. The van der Waals surface area contributed by atoms with Crippen LogP contribution in [-0.2, 0) is 6.54 Å². The van der Waals surface area contributed by atoms with E-state index < -0.39 is 0 Å². The van der Waals surface area contributed by atoms with Gasteiger partial charge in [0.15, 0.2) is 0 Å². The van der Waals surface area contributed by atoms with Gasteiger partial charge in [-0.3, -0.25) is 0 Å². The van der Waals surface area contributed by atoms with Gasteiger partial charge in [-0.25, -0.2) is 9.78 Å². The molecule has 6 nitrogen and oxygen atoms in total. The van der Waals surface area contributed by atoms with Crippen molar-refractivity contribution in [1.29, 1.82) is 0 Å². The van der Waals surface area contributed by atoms with Crippen molar-refractivity contribution in [3.63, 3.8) is 0 Å². The predicted molar refractivity (Wildman–Crippen MR) is 89.1 cm³/mol. The number of hydrogen-bond acceptors (Lipinski definition) is 4. The van der Waals surface area contributed by atoms with Crippen LogP contribution in [0.5, 0.6) is 0 Å². The summed E-state index contributed by atoms with van der Waals surface area (Å²) in [4.78, 5) is 20.7. The zero-order chi connectivity index (χ0) is 15.8. The second kappa shape index (κ2) is 8.58. The zero-order valence-corrected chi connectivity index (χ0v) is 13.6. The number of nitrogens with zero attached hydrogens (tertiary/aromatic N) is 3. The molecule has 2 rings (SSSR count). The Morgan fingerprint density at radius 1 is 1.23 bits per heavy atom. The van der Waals surface area contributed by atoms with Gasteiger partial charge < -0.3 is 20.4 Å². The number of urea groups is 1. The molecular weight excluding hydrogens is 278 g/mol. The molecule has 0 bridgehead atoms. The first-order chi connectivity index (χ1) is 10.7. The topological polar surface area (TPSA) is 60.5 Å².